The van der Waals surface area contributed by atoms with Gasteiger partial charge in [-0.05, 0) is 19.4 Å². The standard InChI is InChI=1S/C10H17F2NO2/c1-7(2)13-9(14)10(11,12)5-8(3)6-15-4/h7H,3,5-6H2,1-2,4H3,(H,13,14). The largest absolute Gasteiger partial charge is 0.380 e. The van der Waals surface area contributed by atoms with Gasteiger partial charge in [0, 0.05) is 19.6 Å². The summed E-state index contributed by atoms with van der Waals surface area (Å²) in [5.74, 6) is -4.69. The van der Waals surface area contributed by atoms with Crippen LogP contribution >= 0.6 is 0 Å². The lowest BCUT2D eigenvalue weighted by atomic mass is 10.1. The van der Waals surface area contributed by atoms with Gasteiger partial charge in [-0.1, -0.05) is 6.58 Å². The fourth-order valence-electron chi connectivity index (χ4n) is 1.02. The molecule has 0 aliphatic heterocycles. The number of nitrogens with one attached hydrogen (secondary N) is 1. The Morgan fingerprint density at radius 3 is 2.47 bits per heavy atom. The van der Waals surface area contributed by atoms with Crippen LogP contribution in [0.5, 0.6) is 0 Å². The Labute approximate surface area is 88.5 Å². The van der Waals surface area contributed by atoms with Crippen molar-refractivity contribution in [3.63, 3.8) is 0 Å². The Morgan fingerprint density at radius 2 is 2.07 bits per heavy atom. The molecule has 0 aromatic rings. The summed E-state index contributed by atoms with van der Waals surface area (Å²) in [7, 11) is 1.39. The van der Waals surface area contributed by atoms with Crippen molar-refractivity contribution < 1.29 is 18.3 Å². The third kappa shape index (κ3) is 5.47. The Balaban J connectivity index is 4.27. The van der Waals surface area contributed by atoms with Gasteiger partial charge in [0.25, 0.3) is 5.91 Å². The number of ether oxygens (including phenoxy) is 1. The van der Waals surface area contributed by atoms with E-state index in [1.807, 2.05) is 0 Å². The first-order valence-electron chi connectivity index (χ1n) is 4.64. The van der Waals surface area contributed by atoms with Crippen LogP contribution in [0.15, 0.2) is 12.2 Å². The van der Waals surface area contributed by atoms with Gasteiger partial charge in [-0.15, -0.1) is 0 Å². The molecule has 0 atom stereocenters. The average molecular weight is 221 g/mol. The van der Waals surface area contributed by atoms with Gasteiger partial charge >= 0.3 is 5.92 Å². The quantitative estimate of drug-likeness (QED) is 0.694. The highest BCUT2D eigenvalue weighted by atomic mass is 19.3. The Morgan fingerprint density at radius 1 is 1.53 bits per heavy atom. The van der Waals surface area contributed by atoms with Crippen LogP contribution in [0.25, 0.3) is 0 Å². The number of alkyl halides is 2. The van der Waals surface area contributed by atoms with Crippen molar-refractivity contribution >= 4 is 5.91 Å². The zero-order valence-electron chi connectivity index (χ0n) is 9.27. The molecule has 88 valence electrons. The van der Waals surface area contributed by atoms with Crippen molar-refractivity contribution in [3.8, 4) is 0 Å². The Kier molecular flexibility index (Phi) is 5.43. The highest BCUT2D eigenvalue weighted by Crippen LogP contribution is 2.23. The molecule has 0 aliphatic rings. The van der Waals surface area contributed by atoms with Crippen molar-refractivity contribution in [3.05, 3.63) is 12.2 Å². The van der Waals surface area contributed by atoms with Crippen molar-refractivity contribution in [2.24, 2.45) is 0 Å². The molecule has 5 heteroatoms. The molecule has 0 rings (SSSR count). The predicted molar refractivity (Wildman–Crippen MR) is 53.9 cm³/mol. The minimum atomic E-state index is -3.42. The lowest BCUT2D eigenvalue weighted by molar-refractivity contribution is -0.146. The van der Waals surface area contributed by atoms with E-state index >= 15 is 0 Å². The van der Waals surface area contributed by atoms with Gasteiger partial charge in [-0.2, -0.15) is 8.78 Å². The smallest absolute Gasteiger partial charge is 0.328 e. The van der Waals surface area contributed by atoms with E-state index in [-0.39, 0.29) is 18.2 Å². The summed E-state index contributed by atoms with van der Waals surface area (Å²) in [4.78, 5) is 11.1. The molecular weight excluding hydrogens is 204 g/mol. The van der Waals surface area contributed by atoms with E-state index in [0.717, 1.165) is 0 Å². The van der Waals surface area contributed by atoms with E-state index in [1.54, 1.807) is 13.8 Å². The van der Waals surface area contributed by atoms with Gasteiger partial charge in [0.05, 0.1) is 6.61 Å². The van der Waals surface area contributed by atoms with Gasteiger partial charge in [0.2, 0.25) is 0 Å². The van der Waals surface area contributed by atoms with Crippen molar-refractivity contribution in [1.29, 1.82) is 0 Å². The maximum absolute atomic E-state index is 13.2. The molecule has 15 heavy (non-hydrogen) atoms. The molecule has 0 unspecified atom stereocenters. The molecule has 0 radical (unpaired) electrons. The summed E-state index contributed by atoms with van der Waals surface area (Å²) in [6.45, 7) is 6.68. The molecule has 1 N–H and O–H groups in total. The van der Waals surface area contributed by atoms with E-state index in [2.05, 4.69) is 16.6 Å². The van der Waals surface area contributed by atoms with Crippen molar-refractivity contribution in [1.82, 2.24) is 5.32 Å². The zero-order valence-corrected chi connectivity index (χ0v) is 9.27. The van der Waals surface area contributed by atoms with Crippen LogP contribution in [0.2, 0.25) is 0 Å². The first-order chi connectivity index (χ1) is 6.79. The zero-order chi connectivity index (χ0) is 12.1. The maximum Gasteiger partial charge on any atom is 0.328 e. The van der Waals surface area contributed by atoms with E-state index in [9.17, 15) is 13.6 Å². The second-order valence-corrected chi connectivity index (χ2v) is 3.69. The van der Waals surface area contributed by atoms with E-state index < -0.39 is 18.3 Å². The second-order valence-electron chi connectivity index (χ2n) is 3.69. The minimum Gasteiger partial charge on any atom is -0.380 e. The molecule has 0 bridgehead atoms. The molecule has 1 amide bonds. The number of hydrogen-bond acceptors (Lipinski definition) is 2. The third-order valence-corrected chi connectivity index (χ3v) is 1.57. The summed E-state index contributed by atoms with van der Waals surface area (Å²) in [5.41, 5.74) is 0.196. The number of rotatable bonds is 6. The van der Waals surface area contributed by atoms with Gasteiger partial charge in [-0.3, -0.25) is 4.79 Å². The van der Waals surface area contributed by atoms with Gasteiger partial charge in [0.15, 0.2) is 0 Å². The van der Waals surface area contributed by atoms with Crippen LogP contribution < -0.4 is 5.32 Å². The molecule has 0 heterocycles. The molecular formula is C10H17F2NO2. The number of hydrogen-bond donors (Lipinski definition) is 1. The maximum atomic E-state index is 13.2. The first-order valence-corrected chi connectivity index (χ1v) is 4.64. The van der Waals surface area contributed by atoms with Crippen molar-refractivity contribution in [2.75, 3.05) is 13.7 Å². The number of amides is 1. The number of carbonyl (C=O) groups excluding carboxylic acids is 1. The normalized spacial score (nSPS) is 11.6. The van der Waals surface area contributed by atoms with Crippen LogP contribution in [0, 0.1) is 0 Å². The van der Waals surface area contributed by atoms with Crippen LogP contribution in [-0.4, -0.2) is 31.6 Å². The van der Waals surface area contributed by atoms with E-state index in [1.165, 1.54) is 7.11 Å². The second kappa shape index (κ2) is 5.80. The lowest BCUT2D eigenvalue weighted by Gasteiger charge is -2.18. The Bertz CT molecular complexity index is 240. The number of carbonyl (C=O) groups is 1. The highest BCUT2D eigenvalue weighted by molar-refractivity contribution is 5.83. The molecule has 0 saturated carbocycles. The van der Waals surface area contributed by atoms with Gasteiger partial charge in [-0.25, -0.2) is 0 Å². The molecule has 0 aliphatic carbocycles. The number of methoxy groups -OCH3 is 1. The van der Waals surface area contributed by atoms with Crippen LogP contribution in [0.1, 0.15) is 20.3 Å². The minimum absolute atomic E-state index is 0.0323. The fourth-order valence-corrected chi connectivity index (χ4v) is 1.02. The summed E-state index contributed by atoms with van der Waals surface area (Å²) in [6.07, 6.45) is -0.681. The monoisotopic (exact) mass is 221 g/mol. The SMILES string of the molecule is C=C(COC)CC(F)(F)C(=O)NC(C)C. The molecule has 0 saturated heterocycles. The van der Waals surface area contributed by atoms with Gasteiger partial charge in [0.1, 0.15) is 0 Å². The molecule has 0 aromatic carbocycles. The predicted octanol–water partition coefficient (Wildman–Crippen LogP) is 1.74. The number of halogens is 2. The van der Waals surface area contributed by atoms with Crippen LogP contribution in [-0.2, 0) is 9.53 Å². The molecule has 0 fully saturated rings. The Hall–Kier alpha value is -0.970. The van der Waals surface area contributed by atoms with Crippen LogP contribution in [0.4, 0.5) is 8.78 Å². The van der Waals surface area contributed by atoms with E-state index in [0.29, 0.717) is 0 Å². The fraction of sp³-hybridized carbons (Fsp3) is 0.700. The van der Waals surface area contributed by atoms with Gasteiger partial charge < -0.3 is 10.1 Å². The topological polar surface area (TPSA) is 38.3 Å². The summed E-state index contributed by atoms with van der Waals surface area (Å²) < 4.78 is 31.1. The first kappa shape index (κ1) is 14.0. The van der Waals surface area contributed by atoms with Crippen LogP contribution in [0.3, 0.4) is 0 Å². The summed E-state index contributed by atoms with van der Waals surface area (Å²) in [5, 5.41) is 2.16. The summed E-state index contributed by atoms with van der Waals surface area (Å²) in [6, 6.07) is -0.306. The molecule has 0 spiro atoms. The lowest BCUT2D eigenvalue weighted by Crippen LogP contribution is -2.43. The summed E-state index contributed by atoms with van der Waals surface area (Å²) >= 11 is 0. The van der Waals surface area contributed by atoms with Crippen molar-refractivity contribution in [2.45, 2.75) is 32.2 Å². The highest BCUT2D eigenvalue weighted by Gasteiger charge is 2.39. The molecule has 3 nitrogen and oxygen atoms in total. The average Bonchev–Trinajstić information content (AvgIpc) is 2.01. The molecule has 0 aromatic heterocycles. The van der Waals surface area contributed by atoms with E-state index in [4.69, 9.17) is 0 Å². The third-order valence-electron chi connectivity index (χ3n) is 1.57.